The smallest absolute Gasteiger partial charge is 0.154 e. The summed E-state index contributed by atoms with van der Waals surface area (Å²) in [5.41, 5.74) is 0. The van der Waals surface area contributed by atoms with E-state index in [0.717, 1.165) is 25.7 Å². The van der Waals surface area contributed by atoms with Gasteiger partial charge >= 0.3 is 0 Å². The quantitative estimate of drug-likeness (QED) is 0.312. The summed E-state index contributed by atoms with van der Waals surface area (Å²) in [4.78, 5) is 0. The zero-order valence-corrected chi connectivity index (χ0v) is 13.9. The van der Waals surface area contributed by atoms with Crippen LogP contribution in [0.1, 0.15) is 104 Å². The van der Waals surface area contributed by atoms with Crippen molar-refractivity contribution < 1.29 is 10.2 Å². The second-order valence-electron chi connectivity index (χ2n) is 6.29. The topological polar surface area (TPSA) is 40.5 Å². The first-order chi connectivity index (χ1) is 9.72. The zero-order valence-electron chi connectivity index (χ0n) is 13.9. The average molecular weight is 286 g/mol. The van der Waals surface area contributed by atoms with Crippen LogP contribution in [-0.2, 0) is 0 Å². The van der Waals surface area contributed by atoms with Crippen LogP contribution in [0, 0.1) is 5.92 Å². The Morgan fingerprint density at radius 1 is 0.550 bits per heavy atom. The fraction of sp³-hybridized carbons (Fsp3) is 1.00. The van der Waals surface area contributed by atoms with Crippen molar-refractivity contribution in [3.8, 4) is 0 Å². The Kier molecular flexibility index (Phi) is 15.3. The monoisotopic (exact) mass is 286 g/mol. The summed E-state index contributed by atoms with van der Waals surface area (Å²) in [6.07, 6.45) is 16.3. The van der Waals surface area contributed by atoms with Crippen LogP contribution in [-0.4, -0.2) is 16.5 Å². The third-order valence-corrected chi connectivity index (χ3v) is 4.28. The largest absolute Gasteiger partial charge is 0.368 e. The molecule has 0 rings (SSSR count). The molecule has 0 saturated heterocycles. The van der Waals surface area contributed by atoms with Gasteiger partial charge in [0.1, 0.15) is 0 Å². The molecule has 0 heterocycles. The Hall–Kier alpha value is -0.0800. The lowest BCUT2D eigenvalue weighted by Gasteiger charge is -2.18. The molecule has 0 aliphatic carbocycles. The van der Waals surface area contributed by atoms with E-state index in [2.05, 4.69) is 13.8 Å². The lowest BCUT2D eigenvalue weighted by atomic mass is 9.94. The number of hydrogen-bond donors (Lipinski definition) is 2. The predicted molar refractivity (Wildman–Crippen MR) is 87.7 cm³/mol. The van der Waals surface area contributed by atoms with Gasteiger partial charge < -0.3 is 10.2 Å². The van der Waals surface area contributed by atoms with Crippen molar-refractivity contribution in [2.24, 2.45) is 5.92 Å². The van der Waals surface area contributed by atoms with Crippen LogP contribution in [0.15, 0.2) is 0 Å². The molecule has 2 nitrogen and oxygen atoms in total. The molecule has 1 atom stereocenters. The third-order valence-electron chi connectivity index (χ3n) is 4.28. The summed E-state index contributed by atoms with van der Waals surface area (Å²) in [5, 5.41) is 18.8. The molecule has 0 amide bonds. The van der Waals surface area contributed by atoms with E-state index < -0.39 is 6.29 Å². The van der Waals surface area contributed by atoms with Crippen LogP contribution >= 0.6 is 0 Å². The molecule has 0 bridgehead atoms. The van der Waals surface area contributed by atoms with Crippen LogP contribution in [0.4, 0.5) is 0 Å². The maximum Gasteiger partial charge on any atom is 0.154 e. The minimum Gasteiger partial charge on any atom is -0.368 e. The van der Waals surface area contributed by atoms with Crippen LogP contribution < -0.4 is 0 Å². The van der Waals surface area contributed by atoms with E-state index in [1.54, 1.807) is 0 Å². The van der Waals surface area contributed by atoms with Crippen LogP contribution in [0.3, 0.4) is 0 Å². The van der Waals surface area contributed by atoms with Crippen molar-refractivity contribution >= 4 is 0 Å². The highest BCUT2D eigenvalue weighted by atomic mass is 16.5. The van der Waals surface area contributed by atoms with Crippen LogP contribution in [0.25, 0.3) is 0 Å². The molecule has 0 aliphatic rings. The molecular formula is C18H38O2. The fourth-order valence-corrected chi connectivity index (χ4v) is 2.82. The zero-order chi connectivity index (χ0) is 15.1. The highest BCUT2D eigenvalue weighted by molar-refractivity contribution is 4.62. The van der Waals surface area contributed by atoms with Gasteiger partial charge in [-0.1, -0.05) is 90.9 Å². The van der Waals surface area contributed by atoms with E-state index in [1.807, 2.05) is 0 Å². The van der Waals surface area contributed by atoms with Crippen LogP contribution in [0.2, 0.25) is 0 Å². The lowest BCUT2D eigenvalue weighted by Crippen LogP contribution is -2.19. The summed E-state index contributed by atoms with van der Waals surface area (Å²) in [5.74, 6) is 0.104. The molecule has 0 radical (unpaired) electrons. The SMILES string of the molecule is CCCCCCCCCCC(CCCCCC)C(O)O. The van der Waals surface area contributed by atoms with E-state index in [9.17, 15) is 10.2 Å². The molecular weight excluding hydrogens is 248 g/mol. The molecule has 20 heavy (non-hydrogen) atoms. The third kappa shape index (κ3) is 12.9. The Labute approximate surface area is 127 Å². The van der Waals surface area contributed by atoms with E-state index in [4.69, 9.17) is 0 Å². The van der Waals surface area contributed by atoms with Crippen molar-refractivity contribution in [1.82, 2.24) is 0 Å². The normalized spacial score (nSPS) is 13.1. The van der Waals surface area contributed by atoms with E-state index in [-0.39, 0.29) is 5.92 Å². The Bertz CT molecular complexity index is 180. The Morgan fingerprint density at radius 3 is 1.30 bits per heavy atom. The number of aliphatic hydroxyl groups is 2. The van der Waals surface area contributed by atoms with Gasteiger partial charge in [-0.25, -0.2) is 0 Å². The van der Waals surface area contributed by atoms with Gasteiger partial charge in [0.05, 0.1) is 0 Å². The van der Waals surface area contributed by atoms with Gasteiger partial charge in [0.25, 0.3) is 0 Å². The first-order valence-electron chi connectivity index (χ1n) is 9.08. The van der Waals surface area contributed by atoms with Gasteiger partial charge in [-0.3, -0.25) is 0 Å². The number of aliphatic hydroxyl groups excluding tert-OH is 1. The molecule has 2 heteroatoms. The van der Waals surface area contributed by atoms with Crippen molar-refractivity contribution in [1.29, 1.82) is 0 Å². The fourth-order valence-electron chi connectivity index (χ4n) is 2.82. The van der Waals surface area contributed by atoms with Gasteiger partial charge in [0, 0.05) is 5.92 Å². The summed E-state index contributed by atoms with van der Waals surface area (Å²) >= 11 is 0. The van der Waals surface area contributed by atoms with Gasteiger partial charge in [0.2, 0.25) is 0 Å². The molecule has 0 aliphatic heterocycles. The molecule has 0 saturated carbocycles. The summed E-state index contributed by atoms with van der Waals surface area (Å²) in [6.45, 7) is 4.46. The van der Waals surface area contributed by atoms with Gasteiger partial charge in [-0.15, -0.1) is 0 Å². The summed E-state index contributed by atoms with van der Waals surface area (Å²) in [7, 11) is 0. The first kappa shape index (κ1) is 19.9. The molecule has 2 N–H and O–H groups in total. The Morgan fingerprint density at radius 2 is 0.900 bits per heavy atom. The lowest BCUT2D eigenvalue weighted by molar-refractivity contribution is -0.0890. The maximum atomic E-state index is 9.42. The molecule has 122 valence electrons. The van der Waals surface area contributed by atoms with Gasteiger partial charge in [-0.05, 0) is 12.8 Å². The molecule has 0 spiro atoms. The van der Waals surface area contributed by atoms with E-state index in [1.165, 1.54) is 64.2 Å². The average Bonchev–Trinajstić information content (AvgIpc) is 2.43. The van der Waals surface area contributed by atoms with Crippen molar-refractivity contribution in [3.05, 3.63) is 0 Å². The van der Waals surface area contributed by atoms with Crippen molar-refractivity contribution in [3.63, 3.8) is 0 Å². The maximum absolute atomic E-state index is 9.42. The molecule has 1 unspecified atom stereocenters. The second kappa shape index (κ2) is 15.3. The summed E-state index contributed by atoms with van der Waals surface area (Å²) < 4.78 is 0. The highest BCUT2D eigenvalue weighted by Gasteiger charge is 2.15. The number of rotatable bonds is 15. The second-order valence-corrected chi connectivity index (χ2v) is 6.29. The molecule has 0 aromatic carbocycles. The predicted octanol–water partition coefficient (Wildman–Crippen LogP) is 5.41. The summed E-state index contributed by atoms with van der Waals surface area (Å²) in [6, 6.07) is 0. The Balaban J connectivity index is 3.46. The van der Waals surface area contributed by atoms with Crippen molar-refractivity contribution in [2.45, 2.75) is 110 Å². The first-order valence-corrected chi connectivity index (χ1v) is 9.08. The molecule has 0 aromatic rings. The van der Waals surface area contributed by atoms with E-state index >= 15 is 0 Å². The minimum absolute atomic E-state index is 0.104. The standard InChI is InChI=1S/C18H38O2/c1-3-5-7-9-10-11-12-14-16-17(18(19)20)15-13-8-6-4-2/h17-20H,3-16H2,1-2H3. The molecule has 0 aromatic heterocycles. The number of unbranched alkanes of at least 4 members (excludes halogenated alkanes) is 10. The van der Waals surface area contributed by atoms with Gasteiger partial charge in [-0.2, -0.15) is 0 Å². The highest BCUT2D eigenvalue weighted by Crippen LogP contribution is 2.21. The number of hydrogen-bond acceptors (Lipinski definition) is 2. The van der Waals surface area contributed by atoms with Crippen molar-refractivity contribution in [2.75, 3.05) is 0 Å². The van der Waals surface area contributed by atoms with Crippen LogP contribution in [0.5, 0.6) is 0 Å². The van der Waals surface area contributed by atoms with E-state index in [0.29, 0.717) is 0 Å². The van der Waals surface area contributed by atoms with Gasteiger partial charge in [0.15, 0.2) is 6.29 Å². The molecule has 0 fully saturated rings. The minimum atomic E-state index is -1.11.